The molecule has 0 aliphatic carbocycles. The number of hydrogen-bond acceptors (Lipinski definition) is 3. The lowest BCUT2D eigenvalue weighted by Crippen LogP contribution is -2.04. The number of nitrogens with zero attached hydrogens (tertiary/aromatic N) is 2. The number of aromatic nitrogens is 2. The van der Waals surface area contributed by atoms with Gasteiger partial charge in [0.1, 0.15) is 17.3 Å². The van der Waals surface area contributed by atoms with Gasteiger partial charge in [-0.15, -0.1) is 11.3 Å². The summed E-state index contributed by atoms with van der Waals surface area (Å²) in [6.45, 7) is 0.889. The van der Waals surface area contributed by atoms with Crippen LogP contribution in [0.15, 0.2) is 36.4 Å². The molecule has 4 rings (SSSR count). The van der Waals surface area contributed by atoms with Crippen LogP contribution in [0.4, 0.5) is 10.2 Å². The molecule has 106 valence electrons. The monoisotopic (exact) mass is 319 g/mol. The molecule has 3 heterocycles. The SMILES string of the molecule is Fc1ccc(-n2nc(-c3ccc(Cl)s3)c3c2NCC3)cc1. The second kappa shape index (κ2) is 4.86. The van der Waals surface area contributed by atoms with Crippen molar-refractivity contribution >= 4 is 28.8 Å². The van der Waals surface area contributed by atoms with Crippen molar-refractivity contribution in [3.63, 3.8) is 0 Å². The van der Waals surface area contributed by atoms with Crippen LogP contribution < -0.4 is 5.32 Å². The number of benzene rings is 1. The molecule has 1 aromatic carbocycles. The van der Waals surface area contributed by atoms with Crippen LogP contribution >= 0.6 is 22.9 Å². The zero-order chi connectivity index (χ0) is 14.4. The summed E-state index contributed by atoms with van der Waals surface area (Å²) < 4.78 is 15.7. The fourth-order valence-corrected chi connectivity index (χ4v) is 3.64. The van der Waals surface area contributed by atoms with Crippen molar-refractivity contribution in [2.45, 2.75) is 6.42 Å². The Bertz CT molecular complexity index is 807. The molecule has 1 N–H and O–H groups in total. The second-order valence-corrected chi connectivity index (χ2v) is 6.56. The predicted molar refractivity (Wildman–Crippen MR) is 84.0 cm³/mol. The molecule has 3 aromatic rings. The molecule has 0 fully saturated rings. The normalized spacial score (nSPS) is 13.2. The third-order valence-corrected chi connectivity index (χ3v) is 4.77. The number of nitrogens with one attached hydrogen (secondary N) is 1. The maximum absolute atomic E-state index is 13.1. The average Bonchev–Trinajstić information content (AvgIpc) is 3.15. The van der Waals surface area contributed by atoms with E-state index in [2.05, 4.69) is 5.32 Å². The molecule has 3 nitrogen and oxygen atoms in total. The van der Waals surface area contributed by atoms with Crippen LogP contribution in [0.2, 0.25) is 4.34 Å². The molecule has 0 saturated carbocycles. The van der Waals surface area contributed by atoms with Gasteiger partial charge in [0.25, 0.3) is 0 Å². The summed E-state index contributed by atoms with van der Waals surface area (Å²) in [6.07, 6.45) is 0.932. The van der Waals surface area contributed by atoms with Crippen molar-refractivity contribution in [2.24, 2.45) is 0 Å². The Morgan fingerprint density at radius 3 is 2.71 bits per heavy atom. The molecular weight excluding hydrogens is 309 g/mol. The summed E-state index contributed by atoms with van der Waals surface area (Å²) in [5.74, 6) is 0.738. The molecule has 0 saturated heterocycles. The largest absolute Gasteiger partial charge is 0.369 e. The summed E-state index contributed by atoms with van der Waals surface area (Å²) in [5, 5.41) is 8.06. The zero-order valence-corrected chi connectivity index (χ0v) is 12.5. The number of fused-ring (bicyclic) bond motifs is 1. The highest BCUT2D eigenvalue weighted by atomic mass is 35.5. The average molecular weight is 320 g/mol. The van der Waals surface area contributed by atoms with Gasteiger partial charge in [0.05, 0.1) is 14.9 Å². The molecule has 0 bridgehead atoms. The molecule has 0 atom stereocenters. The van der Waals surface area contributed by atoms with Crippen molar-refractivity contribution < 1.29 is 4.39 Å². The van der Waals surface area contributed by atoms with E-state index in [-0.39, 0.29) is 5.82 Å². The summed E-state index contributed by atoms with van der Waals surface area (Å²) in [5.41, 5.74) is 2.99. The van der Waals surface area contributed by atoms with Gasteiger partial charge in [0, 0.05) is 12.1 Å². The number of hydrogen-bond donors (Lipinski definition) is 1. The number of anilines is 1. The van der Waals surface area contributed by atoms with E-state index in [9.17, 15) is 4.39 Å². The van der Waals surface area contributed by atoms with E-state index in [4.69, 9.17) is 16.7 Å². The number of rotatable bonds is 2. The topological polar surface area (TPSA) is 29.9 Å². The lowest BCUT2D eigenvalue weighted by molar-refractivity contribution is 0.627. The first-order valence-electron chi connectivity index (χ1n) is 6.60. The Kier molecular flexibility index (Phi) is 2.97. The molecule has 0 radical (unpaired) electrons. The van der Waals surface area contributed by atoms with Crippen LogP contribution in [-0.4, -0.2) is 16.3 Å². The maximum atomic E-state index is 13.1. The minimum atomic E-state index is -0.249. The minimum Gasteiger partial charge on any atom is -0.369 e. The third kappa shape index (κ3) is 2.13. The van der Waals surface area contributed by atoms with Gasteiger partial charge in [-0.2, -0.15) is 5.10 Å². The van der Waals surface area contributed by atoms with Gasteiger partial charge < -0.3 is 5.32 Å². The molecule has 0 unspecified atom stereocenters. The Morgan fingerprint density at radius 2 is 2.00 bits per heavy atom. The Labute approximate surface area is 130 Å². The van der Waals surface area contributed by atoms with E-state index >= 15 is 0 Å². The van der Waals surface area contributed by atoms with Crippen LogP contribution in [0.25, 0.3) is 16.3 Å². The van der Waals surface area contributed by atoms with E-state index in [1.165, 1.54) is 29.0 Å². The fraction of sp³-hybridized carbons (Fsp3) is 0.133. The van der Waals surface area contributed by atoms with E-state index in [1.807, 2.05) is 16.8 Å². The van der Waals surface area contributed by atoms with Crippen molar-refractivity contribution in [3.05, 3.63) is 52.1 Å². The van der Waals surface area contributed by atoms with Gasteiger partial charge >= 0.3 is 0 Å². The van der Waals surface area contributed by atoms with Crippen molar-refractivity contribution in [2.75, 3.05) is 11.9 Å². The molecule has 0 amide bonds. The molecule has 1 aliphatic rings. The molecule has 21 heavy (non-hydrogen) atoms. The first-order valence-corrected chi connectivity index (χ1v) is 7.79. The minimum absolute atomic E-state index is 0.249. The fourth-order valence-electron chi connectivity index (χ4n) is 2.58. The first kappa shape index (κ1) is 12.9. The van der Waals surface area contributed by atoms with Gasteiger partial charge in [-0.1, -0.05) is 11.6 Å². The van der Waals surface area contributed by atoms with Crippen LogP contribution in [0.3, 0.4) is 0 Å². The Balaban J connectivity index is 1.88. The van der Waals surface area contributed by atoms with E-state index in [1.54, 1.807) is 12.1 Å². The van der Waals surface area contributed by atoms with Crippen molar-refractivity contribution in [1.29, 1.82) is 0 Å². The second-order valence-electron chi connectivity index (χ2n) is 4.84. The summed E-state index contributed by atoms with van der Waals surface area (Å²) in [7, 11) is 0. The van der Waals surface area contributed by atoms with Crippen molar-refractivity contribution in [3.8, 4) is 16.3 Å². The zero-order valence-electron chi connectivity index (χ0n) is 10.9. The van der Waals surface area contributed by atoms with E-state index < -0.39 is 0 Å². The lowest BCUT2D eigenvalue weighted by Gasteiger charge is -2.05. The summed E-state index contributed by atoms with van der Waals surface area (Å²) in [6, 6.07) is 10.2. The molecule has 2 aromatic heterocycles. The quantitative estimate of drug-likeness (QED) is 0.760. The Morgan fingerprint density at radius 1 is 1.19 bits per heavy atom. The molecular formula is C15H11ClFN3S. The Hall–Kier alpha value is -1.85. The summed E-state index contributed by atoms with van der Waals surface area (Å²) >= 11 is 7.55. The van der Waals surface area contributed by atoms with Gasteiger partial charge in [0.2, 0.25) is 0 Å². The first-order chi connectivity index (χ1) is 10.2. The number of halogens is 2. The van der Waals surface area contributed by atoms with Gasteiger partial charge in [-0.3, -0.25) is 0 Å². The van der Waals surface area contributed by atoms with Gasteiger partial charge in [-0.25, -0.2) is 9.07 Å². The highest BCUT2D eigenvalue weighted by molar-refractivity contribution is 7.19. The maximum Gasteiger partial charge on any atom is 0.133 e. The summed E-state index contributed by atoms with van der Waals surface area (Å²) in [4.78, 5) is 1.06. The van der Waals surface area contributed by atoms with E-state index in [0.717, 1.165) is 39.4 Å². The van der Waals surface area contributed by atoms with E-state index in [0.29, 0.717) is 0 Å². The van der Waals surface area contributed by atoms with Crippen LogP contribution in [0.5, 0.6) is 0 Å². The van der Waals surface area contributed by atoms with Crippen LogP contribution in [0.1, 0.15) is 5.56 Å². The molecule has 1 aliphatic heterocycles. The van der Waals surface area contributed by atoms with Gasteiger partial charge in [-0.05, 0) is 42.8 Å². The van der Waals surface area contributed by atoms with Crippen molar-refractivity contribution in [1.82, 2.24) is 9.78 Å². The smallest absolute Gasteiger partial charge is 0.133 e. The van der Waals surface area contributed by atoms with Gasteiger partial charge in [0.15, 0.2) is 0 Å². The third-order valence-electron chi connectivity index (χ3n) is 3.53. The predicted octanol–water partition coefficient (Wildman–Crippen LogP) is 4.36. The molecule has 6 heteroatoms. The molecule has 0 spiro atoms. The lowest BCUT2D eigenvalue weighted by atomic mass is 10.2. The number of thiophene rings is 1. The highest BCUT2D eigenvalue weighted by Crippen LogP contribution is 2.38. The standard InChI is InChI=1S/C15H11ClFN3S/c16-13-6-5-12(21-13)14-11-7-8-18-15(11)20(19-14)10-3-1-9(17)2-4-10/h1-6,18H,7-8H2. The highest BCUT2D eigenvalue weighted by Gasteiger charge is 2.24. The van der Waals surface area contributed by atoms with Crippen LogP contribution in [0, 0.1) is 5.82 Å². The van der Waals surface area contributed by atoms with Crippen LogP contribution in [-0.2, 0) is 6.42 Å².